The molecule has 8 heavy (non-hydrogen) atoms. The van der Waals surface area contributed by atoms with Crippen molar-refractivity contribution in [2.45, 2.75) is 0 Å². The highest BCUT2D eigenvalue weighted by atomic mass is 19.1. The van der Waals surface area contributed by atoms with Crippen LogP contribution in [0.25, 0.3) is 0 Å². The number of hydrogen-bond acceptors (Lipinski definition) is 1. The maximum absolute atomic E-state index is 11.6. The minimum atomic E-state index is -0.287. The molecule has 0 unspecified atom stereocenters. The van der Waals surface area contributed by atoms with Crippen LogP contribution < -0.4 is 0 Å². The van der Waals surface area contributed by atoms with E-state index in [2.05, 4.69) is 0 Å². The van der Waals surface area contributed by atoms with E-state index in [1.807, 2.05) is 0 Å². The highest BCUT2D eigenvalue weighted by Crippen LogP contribution is 2.12. The first-order chi connectivity index (χ1) is 3.86. The zero-order valence-corrected chi connectivity index (χ0v) is 4.51. The van der Waals surface area contributed by atoms with Crippen molar-refractivity contribution < 1.29 is 9.18 Å². The highest BCUT2D eigenvalue weighted by molar-refractivity contribution is 5.48. The Hall–Kier alpha value is -0.600. The first-order valence-corrected chi connectivity index (χ1v) is 2.62. The molecule has 1 rings (SSSR count). The first kappa shape index (κ1) is 5.54. The lowest BCUT2D eigenvalue weighted by molar-refractivity contribution is -0.124. The summed E-state index contributed by atoms with van der Waals surface area (Å²) >= 11 is 0. The van der Waals surface area contributed by atoms with E-state index in [1.165, 1.54) is 0 Å². The van der Waals surface area contributed by atoms with Gasteiger partial charge >= 0.3 is 0 Å². The molecule has 3 heteroatoms. The third kappa shape index (κ3) is 0.804. The van der Waals surface area contributed by atoms with Crippen molar-refractivity contribution in [1.82, 2.24) is 4.90 Å². The molecule has 0 saturated carbocycles. The van der Waals surface area contributed by atoms with Crippen LogP contribution in [0.5, 0.6) is 0 Å². The summed E-state index contributed by atoms with van der Waals surface area (Å²) in [5, 5.41) is 0. The molecule has 2 nitrogen and oxygen atoms in total. The average molecular weight is 117 g/mol. The van der Waals surface area contributed by atoms with Crippen molar-refractivity contribution in [2.75, 3.05) is 19.8 Å². The number of alkyl halides is 1. The van der Waals surface area contributed by atoms with Crippen LogP contribution >= 0.6 is 0 Å². The van der Waals surface area contributed by atoms with E-state index in [1.54, 1.807) is 4.90 Å². The topological polar surface area (TPSA) is 20.3 Å². The van der Waals surface area contributed by atoms with Gasteiger partial charge < -0.3 is 4.90 Å². The first-order valence-electron chi connectivity index (χ1n) is 2.62. The third-order valence-electron chi connectivity index (χ3n) is 1.35. The smallest absolute Gasteiger partial charge is 0.209 e. The molecular weight excluding hydrogens is 109 g/mol. The van der Waals surface area contributed by atoms with Crippen LogP contribution in [0.3, 0.4) is 0 Å². The fourth-order valence-electron chi connectivity index (χ4n) is 0.793. The Morgan fingerprint density at radius 1 is 1.75 bits per heavy atom. The number of nitrogens with zero attached hydrogens (tertiary/aromatic N) is 1. The second-order valence-corrected chi connectivity index (χ2v) is 2.08. The van der Waals surface area contributed by atoms with Crippen molar-refractivity contribution in [3.05, 3.63) is 0 Å². The Balaban J connectivity index is 2.11. The van der Waals surface area contributed by atoms with E-state index in [0.29, 0.717) is 13.1 Å². The number of likely N-dealkylation sites (tertiary alicyclic amines) is 1. The van der Waals surface area contributed by atoms with E-state index < -0.39 is 0 Å². The monoisotopic (exact) mass is 117 g/mol. The van der Waals surface area contributed by atoms with Gasteiger partial charge in [-0.3, -0.25) is 9.18 Å². The molecule has 1 aliphatic rings. The van der Waals surface area contributed by atoms with Crippen LogP contribution in [0.15, 0.2) is 0 Å². The Morgan fingerprint density at radius 2 is 2.38 bits per heavy atom. The van der Waals surface area contributed by atoms with Crippen molar-refractivity contribution in [3.63, 3.8) is 0 Å². The van der Waals surface area contributed by atoms with E-state index >= 15 is 0 Å². The molecule has 1 saturated heterocycles. The highest BCUT2D eigenvalue weighted by Gasteiger charge is 2.24. The fourth-order valence-corrected chi connectivity index (χ4v) is 0.793. The van der Waals surface area contributed by atoms with Gasteiger partial charge in [0.25, 0.3) is 0 Å². The minimum Gasteiger partial charge on any atom is -0.344 e. The van der Waals surface area contributed by atoms with Crippen LogP contribution in [-0.4, -0.2) is 31.1 Å². The molecule has 1 amide bonds. The molecule has 0 aromatic heterocycles. The van der Waals surface area contributed by atoms with Crippen LogP contribution in [0.1, 0.15) is 0 Å². The van der Waals surface area contributed by atoms with E-state index in [4.69, 9.17) is 0 Å². The van der Waals surface area contributed by atoms with Gasteiger partial charge in [-0.1, -0.05) is 0 Å². The average Bonchev–Trinajstić information content (AvgIpc) is 1.65. The summed E-state index contributed by atoms with van der Waals surface area (Å²) < 4.78 is 11.6. The number of hydrogen-bond donors (Lipinski definition) is 0. The van der Waals surface area contributed by atoms with E-state index in [0.717, 1.165) is 6.41 Å². The number of amides is 1. The number of rotatable bonds is 2. The standard InChI is InChI=1S/C5H8FNO/c6-1-5-2-7(3-5)4-8/h4-5H,1-3H2. The molecule has 1 heterocycles. The van der Waals surface area contributed by atoms with Crippen LogP contribution in [0.4, 0.5) is 4.39 Å². The van der Waals surface area contributed by atoms with Gasteiger partial charge in [0.1, 0.15) is 0 Å². The Labute approximate surface area is 47.3 Å². The summed E-state index contributed by atoms with van der Waals surface area (Å²) in [6, 6.07) is 0. The summed E-state index contributed by atoms with van der Waals surface area (Å²) in [5.41, 5.74) is 0. The van der Waals surface area contributed by atoms with Crippen LogP contribution in [0.2, 0.25) is 0 Å². The van der Waals surface area contributed by atoms with Gasteiger partial charge in [-0.05, 0) is 0 Å². The Bertz CT molecular complexity index is 90.4. The Morgan fingerprint density at radius 3 is 2.75 bits per heavy atom. The predicted octanol–water partition coefficient (Wildman–Crippen LogP) is 0.0441. The predicted molar refractivity (Wildman–Crippen MR) is 27.1 cm³/mol. The number of carbonyl (C=O) groups excluding carboxylic acids is 1. The van der Waals surface area contributed by atoms with Crippen molar-refractivity contribution >= 4 is 6.41 Å². The quantitative estimate of drug-likeness (QED) is 0.468. The van der Waals surface area contributed by atoms with Crippen molar-refractivity contribution in [3.8, 4) is 0 Å². The van der Waals surface area contributed by atoms with Gasteiger partial charge in [-0.25, -0.2) is 0 Å². The molecule has 46 valence electrons. The zero-order valence-electron chi connectivity index (χ0n) is 4.51. The molecule has 0 aromatic carbocycles. The van der Waals surface area contributed by atoms with E-state index in [9.17, 15) is 9.18 Å². The number of carbonyl (C=O) groups is 1. The van der Waals surface area contributed by atoms with Gasteiger partial charge in [0.15, 0.2) is 0 Å². The van der Waals surface area contributed by atoms with Crippen molar-refractivity contribution in [1.29, 1.82) is 0 Å². The SMILES string of the molecule is O=CN1CC(CF)C1. The molecule has 0 radical (unpaired) electrons. The second kappa shape index (κ2) is 2.11. The summed E-state index contributed by atoms with van der Waals surface area (Å²) in [7, 11) is 0. The lowest BCUT2D eigenvalue weighted by atomic mass is 10.0. The summed E-state index contributed by atoms with van der Waals surface area (Å²) in [6.07, 6.45) is 0.756. The maximum Gasteiger partial charge on any atom is 0.209 e. The molecule has 0 aliphatic carbocycles. The molecule has 0 N–H and O–H groups in total. The second-order valence-electron chi connectivity index (χ2n) is 2.08. The summed E-state index contributed by atoms with van der Waals surface area (Å²) in [5.74, 6) is 0.125. The number of halogens is 1. The van der Waals surface area contributed by atoms with Gasteiger partial charge in [0.2, 0.25) is 6.41 Å². The summed E-state index contributed by atoms with van der Waals surface area (Å²) in [4.78, 5) is 11.4. The van der Waals surface area contributed by atoms with Crippen LogP contribution in [-0.2, 0) is 4.79 Å². The van der Waals surface area contributed by atoms with Crippen LogP contribution in [0, 0.1) is 5.92 Å². The molecule has 0 atom stereocenters. The van der Waals surface area contributed by atoms with E-state index in [-0.39, 0.29) is 12.6 Å². The Kier molecular flexibility index (Phi) is 1.46. The molecule has 1 aliphatic heterocycles. The minimum absolute atomic E-state index is 0.125. The van der Waals surface area contributed by atoms with Gasteiger partial charge in [-0.15, -0.1) is 0 Å². The zero-order chi connectivity index (χ0) is 5.98. The molecule has 0 spiro atoms. The molecular formula is C5H8FNO. The molecule has 1 fully saturated rings. The van der Waals surface area contributed by atoms with Crippen molar-refractivity contribution in [2.24, 2.45) is 5.92 Å². The largest absolute Gasteiger partial charge is 0.344 e. The summed E-state index contributed by atoms with van der Waals surface area (Å²) in [6.45, 7) is 0.935. The van der Waals surface area contributed by atoms with Gasteiger partial charge in [-0.2, -0.15) is 0 Å². The van der Waals surface area contributed by atoms with Gasteiger partial charge in [0, 0.05) is 19.0 Å². The molecule has 0 bridgehead atoms. The molecule has 0 aromatic rings. The lowest BCUT2D eigenvalue weighted by Gasteiger charge is -2.34. The van der Waals surface area contributed by atoms with Gasteiger partial charge in [0.05, 0.1) is 6.67 Å². The third-order valence-corrected chi connectivity index (χ3v) is 1.35. The normalized spacial score (nSPS) is 20.4. The maximum atomic E-state index is 11.6. The fraction of sp³-hybridized carbons (Fsp3) is 0.800. The lowest BCUT2D eigenvalue weighted by Crippen LogP contribution is -2.46.